The Balaban J connectivity index is 1.98. The maximum Gasteiger partial charge on any atom is 0.272 e. The Morgan fingerprint density at radius 2 is 1.76 bits per heavy atom. The van der Waals surface area contributed by atoms with E-state index >= 15 is 0 Å². The second-order valence-electron chi connectivity index (χ2n) is 4.48. The molecule has 106 valence electrons. The molecular formula is C17H15ClN2O. The lowest BCUT2D eigenvalue weighted by atomic mass is 10.1. The summed E-state index contributed by atoms with van der Waals surface area (Å²) >= 11 is 5.94. The van der Waals surface area contributed by atoms with Crippen LogP contribution in [0, 0.1) is 0 Å². The minimum Gasteiger partial charge on any atom is -0.267 e. The van der Waals surface area contributed by atoms with E-state index in [4.69, 9.17) is 11.6 Å². The molecule has 1 N–H and O–H groups in total. The Bertz CT molecular complexity index is 678. The van der Waals surface area contributed by atoms with Crippen molar-refractivity contribution in [2.75, 3.05) is 0 Å². The molecule has 0 atom stereocenters. The van der Waals surface area contributed by atoms with Crippen molar-refractivity contribution >= 4 is 29.8 Å². The van der Waals surface area contributed by atoms with Gasteiger partial charge in [-0.05, 0) is 30.2 Å². The van der Waals surface area contributed by atoms with Crippen molar-refractivity contribution in [2.45, 2.75) is 6.92 Å². The number of allylic oxidation sites excluding steroid dienone is 1. The quantitative estimate of drug-likeness (QED) is 0.668. The van der Waals surface area contributed by atoms with Gasteiger partial charge < -0.3 is 0 Å². The van der Waals surface area contributed by atoms with Crippen LogP contribution < -0.4 is 5.43 Å². The predicted molar refractivity (Wildman–Crippen MR) is 87.5 cm³/mol. The first-order valence-electron chi connectivity index (χ1n) is 6.48. The van der Waals surface area contributed by atoms with Crippen molar-refractivity contribution in [3.63, 3.8) is 0 Å². The third kappa shape index (κ3) is 4.58. The second kappa shape index (κ2) is 7.41. The van der Waals surface area contributed by atoms with Crippen LogP contribution in [0.2, 0.25) is 5.02 Å². The molecule has 2 aromatic rings. The van der Waals surface area contributed by atoms with Crippen molar-refractivity contribution in [1.29, 1.82) is 0 Å². The summed E-state index contributed by atoms with van der Waals surface area (Å²) in [5.74, 6) is -0.329. The van der Waals surface area contributed by atoms with Gasteiger partial charge in [0.05, 0.1) is 16.8 Å². The van der Waals surface area contributed by atoms with E-state index in [-0.39, 0.29) is 5.91 Å². The third-order valence-corrected chi connectivity index (χ3v) is 3.08. The molecule has 0 spiro atoms. The SMILES string of the molecule is CC(/C=N\NC(=O)c1ccccc1Cl)=C\c1ccccc1. The fourth-order valence-corrected chi connectivity index (χ4v) is 1.97. The number of hydrogen-bond donors (Lipinski definition) is 1. The van der Waals surface area contributed by atoms with Gasteiger partial charge in [0.15, 0.2) is 0 Å². The van der Waals surface area contributed by atoms with Gasteiger partial charge in [-0.2, -0.15) is 5.10 Å². The van der Waals surface area contributed by atoms with Crippen LogP contribution in [-0.4, -0.2) is 12.1 Å². The first-order valence-corrected chi connectivity index (χ1v) is 6.86. The second-order valence-corrected chi connectivity index (χ2v) is 4.89. The van der Waals surface area contributed by atoms with E-state index in [0.29, 0.717) is 10.6 Å². The fraction of sp³-hybridized carbons (Fsp3) is 0.0588. The number of carbonyl (C=O) groups is 1. The van der Waals surface area contributed by atoms with Gasteiger partial charge >= 0.3 is 0 Å². The van der Waals surface area contributed by atoms with Crippen LogP contribution in [0.4, 0.5) is 0 Å². The molecule has 0 saturated heterocycles. The van der Waals surface area contributed by atoms with E-state index in [0.717, 1.165) is 11.1 Å². The molecule has 0 radical (unpaired) electrons. The lowest BCUT2D eigenvalue weighted by Crippen LogP contribution is -2.17. The Morgan fingerprint density at radius 3 is 2.48 bits per heavy atom. The normalized spacial score (nSPS) is 11.6. The van der Waals surface area contributed by atoms with E-state index in [1.54, 1.807) is 30.5 Å². The van der Waals surface area contributed by atoms with Crippen molar-refractivity contribution in [2.24, 2.45) is 5.10 Å². The Kier molecular flexibility index (Phi) is 5.29. The topological polar surface area (TPSA) is 41.5 Å². The zero-order valence-corrected chi connectivity index (χ0v) is 12.3. The van der Waals surface area contributed by atoms with Gasteiger partial charge in [0, 0.05) is 0 Å². The van der Waals surface area contributed by atoms with E-state index in [1.807, 2.05) is 43.3 Å². The van der Waals surface area contributed by atoms with Gasteiger partial charge in [0.1, 0.15) is 0 Å². The summed E-state index contributed by atoms with van der Waals surface area (Å²) in [6.07, 6.45) is 3.58. The van der Waals surface area contributed by atoms with E-state index < -0.39 is 0 Å². The van der Waals surface area contributed by atoms with Crippen molar-refractivity contribution < 1.29 is 4.79 Å². The summed E-state index contributed by atoms with van der Waals surface area (Å²) in [6, 6.07) is 16.7. The molecule has 21 heavy (non-hydrogen) atoms. The summed E-state index contributed by atoms with van der Waals surface area (Å²) in [5, 5.41) is 4.34. The first kappa shape index (κ1) is 15.0. The molecule has 0 bridgehead atoms. The van der Waals surface area contributed by atoms with Gasteiger partial charge in [-0.25, -0.2) is 5.43 Å². The van der Waals surface area contributed by atoms with Gasteiger partial charge in [0.25, 0.3) is 5.91 Å². The van der Waals surface area contributed by atoms with Gasteiger partial charge in [0.2, 0.25) is 0 Å². The zero-order valence-electron chi connectivity index (χ0n) is 11.6. The summed E-state index contributed by atoms with van der Waals surface area (Å²) in [4.78, 5) is 11.9. The molecule has 0 unspecified atom stereocenters. The number of nitrogens with one attached hydrogen (secondary N) is 1. The highest BCUT2D eigenvalue weighted by atomic mass is 35.5. The summed E-state index contributed by atoms with van der Waals surface area (Å²) < 4.78 is 0. The first-order chi connectivity index (χ1) is 10.2. The Labute approximate surface area is 129 Å². The van der Waals surface area contributed by atoms with Crippen molar-refractivity contribution in [1.82, 2.24) is 5.43 Å². The molecule has 0 saturated carbocycles. The van der Waals surface area contributed by atoms with Crippen LogP contribution in [0.3, 0.4) is 0 Å². The lowest BCUT2D eigenvalue weighted by Gasteiger charge is -2.01. The minimum absolute atomic E-state index is 0.329. The highest BCUT2D eigenvalue weighted by Crippen LogP contribution is 2.14. The highest BCUT2D eigenvalue weighted by molar-refractivity contribution is 6.33. The summed E-state index contributed by atoms with van der Waals surface area (Å²) in [7, 11) is 0. The molecule has 0 heterocycles. The predicted octanol–water partition coefficient (Wildman–Crippen LogP) is 4.16. The molecule has 1 amide bonds. The number of benzene rings is 2. The number of carbonyl (C=O) groups excluding carboxylic acids is 1. The number of hydrazone groups is 1. The van der Waals surface area contributed by atoms with Crippen LogP contribution in [0.5, 0.6) is 0 Å². The summed E-state index contributed by atoms with van der Waals surface area (Å²) in [6.45, 7) is 1.91. The molecule has 3 nitrogen and oxygen atoms in total. The van der Waals surface area contributed by atoms with E-state index in [9.17, 15) is 4.79 Å². The maximum atomic E-state index is 11.9. The largest absolute Gasteiger partial charge is 0.272 e. The zero-order chi connectivity index (χ0) is 15.1. The Hall–Kier alpha value is -2.39. The van der Waals surface area contributed by atoms with Gasteiger partial charge in [-0.1, -0.05) is 60.1 Å². The molecule has 4 heteroatoms. The van der Waals surface area contributed by atoms with Crippen LogP contribution in [-0.2, 0) is 0 Å². The number of hydrogen-bond acceptors (Lipinski definition) is 2. The molecule has 0 aromatic heterocycles. The summed E-state index contributed by atoms with van der Waals surface area (Å²) in [5.41, 5.74) is 4.88. The number of nitrogens with zero attached hydrogens (tertiary/aromatic N) is 1. The average Bonchev–Trinajstić information content (AvgIpc) is 2.48. The maximum absolute atomic E-state index is 11.9. The number of amides is 1. The van der Waals surface area contributed by atoms with Crippen molar-refractivity contribution in [3.8, 4) is 0 Å². The number of rotatable bonds is 4. The number of halogens is 1. The van der Waals surface area contributed by atoms with Gasteiger partial charge in [-0.3, -0.25) is 4.79 Å². The molecule has 0 aliphatic heterocycles. The van der Waals surface area contributed by atoms with E-state index in [1.165, 1.54) is 0 Å². The molecule has 0 aliphatic rings. The Morgan fingerprint density at radius 1 is 1.10 bits per heavy atom. The minimum atomic E-state index is -0.329. The molecule has 2 rings (SSSR count). The highest BCUT2D eigenvalue weighted by Gasteiger charge is 2.07. The molecule has 0 aliphatic carbocycles. The van der Waals surface area contributed by atoms with Crippen LogP contribution >= 0.6 is 11.6 Å². The third-order valence-electron chi connectivity index (χ3n) is 2.75. The standard InChI is InChI=1S/C17H15ClN2O/c1-13(11-14-7-3-2-4-8-14)12-19-20-17(21)15-9-5-6-10-16(15)18/h2-12H,1H3,(H,20,21)/b13-11+,19-12-. The van der Waals surface area contributed by atoms with Crippen LogP contribution in [0.15, 0.2) is 65.3 Å². The lowest BCUT2D eigenvalue weighted by molar-refractivity contribution is 0.0955. The molecule has 0 fully saturated rings. The van der Waals surface area contributed by atoms with Crippen LogP contribution in [0.25, 0.3) is 6.08 Å². The fourth-order valence-electron chi connectivity index (χ4n) is 1.75. The monoisotopic (exact) mass is 298 g/mol. The van der Waals surface area contributed by atoms with Crippen molar-refractivity contribution in [3.05, 3.63) is 76.3 Å². The molecular weight excluding hydrogens is 284 g/mol. The van der Waals surface area contributed by atoms with Crippen LogP contribution in [0.1, 0.15) is 22.8 Å². The smallest absolute Gasteiger partial charge is 0.267 e. The van der Waals surface area contributed by atoms with Gasteiger partial charge in [-0.15, -0.1) is 0 Å². The molecule has 2 aromatic carbocycles. The average molecular weight is 299 g/mol. The van der Waals surface area contributed by atoms with E-state index in [2.05, 4.69) is 10.5 Å².